The van der Waals surface area contributed by atoms with Crippen molar-refractivity contribution in [3.05, 3.63) is 47.0 Å². The maximum atomic E-state index is 10.5. The molecular formula is C16H18ClNO2. The number of fused-ring (bicyclic) bond motifs is 1. The van der Waals surface area contributed by atoms with Gasteiger partial charge in [-0.1, -0.05) is 48.4 Å². The summed E-state index contributed by atoms with van der Waals surface area (Å²) in [7, 11) is 0. The Morgan fingerprint density at radius 3 is 2.55 bits per heavy atom. The lowest BCUT2D eigenvalue weighted by Crippen LogP contribution is -2.11. The van der Waals surface area contributed by atoms with E-state index in [0.29, 0.717) is 6.42 Å². The van der Waals surface area contributed by atoms with Crippen LogP contribution in [0.25, 0.3) is 10.8 Å². The minimum Gasteiger partial charge on any atom is -0.481 e. The number of benzene rings is 2. The average Bonchev–Trinajstić information content (AvgIpc) is 2.44. The minimum absolute atomic E-state index is 0.0917. The van der Waals surface area contributed by atoms with Crippen molar-refractivity contribution in [2.24, 2.45) is 5.73 Å². The van der Waals surface area contributed by atoms with Crippen LogP contribution in [0.4, 0.5) is 0 Å². The van der Waals surface area contributed by atoms with Crippen LogP contribution in [0.5, 0.6) is 0 Å². The second-order valence-electron chi connectivity index (χ2n) is 4.93. The van der Waals surface area contributed by atoms with Gasteiger partial charge in [0, 0.05) is 22.9 Å². The molecule has 20 heavy (non-hydrogen) atoms. The predicted octanol–water partition coefficient (Wildman–Crippen LogP) is 4.14. The lowest BCUT2D eigenvalue weighted by molar-refractivity contribution is -0.137. The first-order valence-electron chi connectivity index (χ1n) is 6.74. The Morgan fingerprint density at radius 2 is 1.85 bits per heavy atom. The van der Waals surface area contributed by atoms with Crippen LogP contribution in [0.1, 0.15) is 37.3 Å². The highest BCUT2D eigenvalue weighted by atomic mass is 35.5. The zero-order chi connectivity index (χ0) is 14.5. The van der Waals surface area contributed by atoms with Gasteiger partial charge in [-0.2, -0.15) is 0 Å². The largest absolute Gasteiger partial charge is 0.481 e. The normalized spacial score (nSPS) is 12.5. The molecule has 1 unspecified atom stereocenters. The molecule has 2 aromatic rings. The minimum atomic E-state index is -0.754. The molecule has 0 amide bonds. The van der Waals surface area contributed by atoms with Gasteiger partial charge in [-0.3, -0.25) is 4.79 Å². The van der Waals surface area contributed by atoms with Crippen molar-refractivity contribution in [3.8, 4) is 0 Å². The highest BCUT2D eigenvalue weighted by molar-refractivity contribution is 6.35. The molecule has 0 fully saturated rings. The summed E-state index contributed by atoms with van der Waals surface area (Å²) >= 11 is 6.19. The lowest BCUT2D eigenvalue weighted by Gasteiger charge is -2.15. The van der Waals surface area contributed by atoms with E-state index >= 15 is 0 Å². The number of aliphatic carboxylic acids is 1. The van der Waals surface area contributed by atoms with E-state index in [2.05, 4.69) is 0 Å². The Labute approximate surface area is 123 Å². The Morgan fingerprint density at radius 1 is 1.15 bits per heavy atom. The van der Waals surface area contributed by atoms with Crippen LogP contribution in [-0.4, -0.2) is 11.1 Å². The fraction of sp³-hybridized carbons (Fsp3) is 0.312. The van der Waals surface area contributed by atoms with E-state index in [1.165, 1.54) is 0 Å². The van der Waals surface area contributed by atoms with E-state index in [1.54, 1.807) is 0 Å². The Bertz CT molecular complexity index is 612. The molecule has 0 saturated heterocycles. The number of rotatable bonds is 6. The second kappa shape index (κ2) is 6.73. The molecular weight excluding hydrogens is 274 g/mol. The third kappa shape index (κ3) is 3.50. The molecule has 0 spiro atoms. The van der Waals surface area contributed by atoms with Crippen molar-refractivity contribution in [1.82, 2.24) is 0 Å². The predicted molar refractivity (Wildman–Crippen MR) is 82.0 cm³/mol. The number of halogens is 1. The Hall–Kier alpha value is -1.58. The number of carboxylic acids is 1. The Kier molecular flexibility index (Phi) is 4.99. The number of hydrogen-bond acceptors (Lipinski definition) is 2. The number of nitrogens with two attached hydrogens (primary N) is 1. The topological polar surface area (TPSA) is 63.3 Å². The van der Waals surface area contributed by atoms with Crippen molar-refractivity contribution in [2.75, 3.05) is 0 Å². The zero-order valence-corrected chi connectivity index (χ0v) is 11.9. The quantitative estimate of drug-likeness (QED) is 0.786. The number of unbranched alkanes of at least 4 members (excludes halogenated alkanes) is 1. The standard InChI is InChI=1S/C16H18ClNO2/c17-14-10-9-13(11-5-1-2-6-12(11)14)15(18)7-3-4-8-16(19)20/h1-2,5-6,9-10,15H,3-4,7-8,18H2,(H,19,20). The second-order valence-corrected chi connectivity index (χ2v) is 5.34. The molecule has 2 aromatic carbocycles. The van der Waals surface area contributed by atoms with Crippen LogP contribution >= 0.6 is 11.6 Å². The van der Waals surface area contributed by atoms with Gasteiger partial charge >= 0.3 is 5.97 Å². The molecule has 1 atom stereocenters. The fourth-order valence-electron chi connectivity index (χ4n) is 2.40. The maximum absolute atomic E-state index is 10.5. The van der Waals surface area contributed by atoms with Crippen LogP contribution < -0.4 is 5.73 Å². The van der Waals surface area contributed by atoms with E-state index in [4.69, 9.17) is 22.4 Å². The molecule has 0 aliphatic rings. The van der Waals surface area contributed by atoms with Gasteiger partial charge in [0.05, 0.1) is 0 Å². The summed E-state index contributed by atoms with van der Waals surface area (Å²) in [4.78, 5) is 10.5. The van der Waals surface area contributed by atoms with Crippen LogP contribution in [0, 0.1) is 0 Å². The zero-order valence-electron chi connectivity index (χ0n) is 11.2. The van der Waals surface area contributed by atoms with Gasteiger partial charge < -0.3 is 10.8 Å². The monoisotopic (exact) mass is 291 g/mol. The van der Waals surface area contributed by atoms with Crippen LogP contribution in [0.2, 0.25) is 5.02 Å². The van der Waals surface area contributed by atoms with Crippen LogP contribution in [0.15, 0.2) is 36.4 Å². The highest BCUT2D eigenvalue weighted by Crippen LogP contribution is 2.30. The fourth-order valence-corrected chi connectivity index (χ4v) is 2.63. The summed E-state index contributed by atoms with van der Waals surface area (Å²) in [5, 5.41) is 11.4. The molecule has 4 heteroatoms. The van der Waals surface area contributed by atoms with E-state index < -0.39 is 5.97 Å². The molecule has 0 saturated carbocycles. The van der Waals surface area contributed by atoms with Gasteiger partial charge in [-0.05, 0) is 29.9 Å². The molecule has 0 radical (unpaired) electrons. The number of carboxylic acid groups (broad SMARTS) is 1. The van der Waals surface area contributed by atoms with Crippen LogP contribution in [-0.2, 0) is 4.79 Å². The summed E-state index contributed by atoms with van der Waals surface area (Å²) in [5.41, 5.74) is 7.31. The molecule has 0 aliphatic heterocycles. The lowest BCUT2D eigenvalue weighted by atomic mass is 9.95. The van der Waals surface area contributed by atoms with Crippen molar-refractivity contribution < 1.29 is 9.90 Å². The number of carbonyl (C=O) groups is 1. The molecule has 0 heterocycles. The van der Waals surface area contributed by atoms with Crippen LogP contribution in [0.3, 0.4) is 0 Å². The highest BCUT2D eigenvalue weighted by Gasteiger charge is 2.11. The Balaban J connectivity index is 2.12. The van der Waals surface area contributed by atoms with Gasteiger partial charge in [0.1, 0.15) is 0 Å². The van der Waals surface area contributed by atoms with Crippen molar-refractivity contribution in [3.63, 3.8) is 0 Å². The van der Waals surface area contributed by atoms with Crippen molar-refractivity contribution in [1.29, 1.82) is 0 Å². The molecule has 0 aromatic heterocycles. The molecule has 3 N–H and O–H groups in total. The third-order valence-corrected chi connectivity index (χ3v) is 3.79. The molecule has 0 bridgehead atoms. The summed E-state index contributed by atoms with van der Waals surface area (Å²) in [6.07, 6.45) is 2.45. The SMILES string of the molecule is NC(CCCCC(=O)O)c1ccc(Cl)c2ccccc12. The summed E-state index contributed by atoms with van der Waals surface area (Å²) < 4.78 is 0. The van der Waals surface area contributed by atoms with Crippen molar-refractivity contribution >= 4 is 28.3 Å². The summed E-state index contributed by atoms with van der Waals surface area (Å²) in [6.45, 7) is 0. The van der Waals surface area contributed by atoms with E-state index in [-0.39, 0.29) is 12.5 Å². The summed E-state index contributed by atoms with van der Waals surface area (Å²) in [6, 6.07) is 11.7. The molecule has 3 nitrogen and oxygen atoms in total. The van der Waals surface area contributed by atoms with Gasteiger partial charge in [0.2, 0.25) is 0 Å². The van der Waals surface area contributed by atoms with E-state index in [0.717, 1.165) is 34.2 Å². The smallest absolute Gasteiger partial charge is 0.303 e. The molecule has 2 rings (SSSR count). The van der Waals surface area contributed by atoms with Gasteiger partial charge in [0.15, 0.2) is 0 Å². The van der Waals surface area contributed by atoms with Gasteiger partial charge in [0.25, 0.3) is 0 Å². The first kappa shape index (κ1) is 14.8. The maximum Gasteiger partial charge on any atom is 0.303 e. The van der Waals surface area contributed by atoms with E-state index in [1.807, 2.05) is 36.4 Å². The summed E-state index contributed by atoms with van der Waals surface area (Å²) in [5.74, 6) is -0.754. The van der Waals surface area contributed by atoms with E-state index in [9.17, 15) is 4.79 Å². The number of hydrogen-bond donors (Lipinski definition) is 2. The van der Waals surface area contributed by atoms with Gasteiger partial charge in [-0.15, -0.1) is 0 Å². The average molecular weight is 292 g/mol. The van der Waals surface area contributed by atoms with Gasteiger partial charge in [-0.25, -0.2) is 0 Å². The molecule has 106 valence electrons. The first-order valence-corrected chi connectivity index (χ1v) is 7.12. The van der Waals surface area contributed by atoms with Crippen molar-refractivity contribution in [2.45, 2.75) is 31.7 Å². The molecule has 0 aliphatic carbocycles. The first-order chi connectivity index (χ1) is 9.59. The third-order valence-electron chi connectivity index (χ3n) is 3.46.